The van der Waals surface area contributed by atoms with Gasteiger partial charge in [-0.25, -0.2) is 13.2 Å². The van der Waals surface area contributed by atoms with E-state index in [9.17, 15) is 22.8 Å². The van der Waals surface area contributed by atoms with Gasteiger partial charge in [0.15, 0.2) is 0 Å². The maximum absolute atomic E-state index is 13.5. The number of halogens is 1. The molecule has 2 aromatic rings. The molecule has 0 atom stereocenters. The van der Waals surface area contributed by atoms with Crippen LogP contribution in [0.3, 0.4) is 0 Å². The van der Waals surface area contributed by atoms with Crippen LogP contribution in [0.25, 0.3) is 0 Å². The summed E-state index contributed by atoms with van der Waals surface area (Å²) in [5.41, 5.74) is 0.407. The molecule has 4 N–H and O–H groups in total. The van der Waals surface area contributed by atoms with Crippen molar-refractivity contribution in [1.82, 2.24) is 10.6 Å². The fourth-order valence-corrected chi connectivity index (χ4v) is 4.46. The average Bonchev–Trinajstić information content (AvgIpc) is 2.71. The third kappa shape index (κ3) is 7.95. The Hall–Kier alpha value is -3.31. The number of hydrogen-bond acceptors (Lipinski definition) is 5. The second-order valence-corrected chi connectivity index (χ2v) is 9.57. The van der Waals surface area contributed by atoms with Crippen LogP contribution in [0, 0.1) is 0 Å². The molecule has 12 heteroatoms. The van der Waals surface area contributed by atoms with E-state index in [-0.39, 0.29) is 35.3 Å². The highest BCUT2D eigenvalue weighted by Gasteiger charge is 2.28. The zero-order valence-electron chi connectivity index (χ0n) is 18.0. The van der Waals surface area contributed by atoms with Gasteiger partial charge in [0.2, 0.25) is 11.8 Å². The van der Waals surface area contributed by atoms with Gasteiger partial charge in [-0.3, -0.25) is 13.9 Å². The number of benzene rings is 2. The van der Waals surface area contributed by atoms with Gasteiger partial charge in [-0.2, -0.15) is 0 Å². The van der Waals surface area contributed by atoms with Gasteiger partial charge in [0.1, 0.15) is 6.54 Å². The Labute approximate surface area is 197 Å². The summed E-state index contributed by atoms with van der Waals surface area (Å²) < 4.78 is 27.9. The molecule has 0 aliphatic heterocycles. The van der Waals surface area contributed by atoms with Gasteiger partial charge in [-0.05, 0) is 50.2 Å². The molecule has 0 unspecified atom stereocenters. The molecule has 0 radical (unpaired) electrons. The Balaban J connectivity index is 2.32. The van der Waals surface area contributed by atoms with E-state index in [1.165, 1.54) is 36.4 Å². The van der Waals surface area contributed by atoms with E-state index in [1.807, 2.05) is 0 Å². The third-order valence-electron chi connectivity index (χ3n) is 4.17. The van der Waals surface area contributed by atoms with Crippen molar-refractivity contribution in [2.45, 2.75) is 31.2 Å². The fraction of sp³-hybridized carbons (Fsp3) is 0.286. The van der Waals surface area contributed by atoms with E-state index in [0.717, 1.165) is 4.31 Å². The summed E-state index contributed by atoms with van der Waals surface area (Å²) in [5, 5.41) is 16.1. The lowest BCUT2D eigenvalue weighted by atomic mass is 10.3. The number of rotatable bonds is 10. The number of carbonyl (C=O) groups excluding carboxylic acids is 2. The zero-order valence-corrected chi connectivity index (χ0v) is 19.6. The Morgan fingerprint density at radius 2 is 1.76 bits per heavy atom. The van der Waals surface area contributed by atoms with E-state index >= 15 is 0 Å². The lowest BCUT2D eigenvalue weighted by Gasteiger charge is -2.25. The summed E-state index contributed by atoms with van der Waals surface area (Å²) in [7, 11) is -4.22. The number of carboxylic acid groups (broad SMARTS) is 1. The molecule has 0 aliphatic carbocycles. The first-order valence-electron chi connectivity index (χ1n) is 9.93. The summed E-state index contributed by atoms with van der Waals surface area (Å²) in [4.78, 5) is 34.8. The largest absolute Gasteiger partial charge is 0.465 e. The van der Waals surface area contributed by atoms with Gasteiger partial charge in [-0.1, -0.05) is 23.7 Å². The Morgan fingerprint density at radius 1 is 1.06 bits per heavy atom. The SMILES string of the molecule is CC(C)NC(=O)CN(c1cccc(Cl)c1)S(=O)(=O)c1cccc(NC(=O)CCNC(=O)O)c1. The average molecular weight is 497 g/mol. The van der Waals surface area contributed by atoms with Crippen molar-refractivity contribution in [3.8, 4) is 0 Å². The number of amides is 3. The van der Waals surface area contributed by atoms with Gasteiger partial charge in [0, 0.05) is 29.7 Å². The monoisotopic (exact) mass is 496 g/mol. The quantitative estimate of drug-likeness (QED) is 0.398. The van der Waals surface area contributed by atoms with Gasteiger partial charge in [0.05, 0.1) is 10.6 Å². The molecule has 10 nitrogen and oxygen atoms in total. The van der Waals surface area contributed by atoms with Crippen LogP contribution in [0.1, 0.15) is 20.3 Å². The maximum atomic E-state index is 13.5. The van der Waals surface area contributed by atoms with E-state index in [0.29, 0.717) is 5.02 Å². The second-order valence-electron chi connectivity index (χ2n) is 7.27. The van der Waals surface area contributed by atoms with Crippen LogP contribution in [0.5, 0.6) is 0 Å². The van der Waals surface area contributed by atoms with Crippen molar-refractivity contribution < 1.29 is 27.9 Å². The van der Waals surface area contributed by atoms with E-state index in [1.54, 1.807) is 26.0 Å². The molecule has 178 valence electrons. The minimum atomic E-state index is -4.22. The first-order chi connectivity index (χ1) is 15.5. The number of hydrogen-bond donors (Lipinski definition) is 4. The van der Waals surface area contributed by atoms with E-state index in [4.69, 9.17) is 16.7 Å². The van der Waals surface area contributed by atoms with Crippen LogP contribution < -0.4 is 20.3 Å². The molecule has 0 bridgehead atoms. The lowest BCUT2D eigenvalue weighted by molar-refractivity contribution is -0.120. The van der Waals surface area contributed by atoms with Crippen molar-refractivity contribution in [2.24, 2.45) is 0 Å². The fourth-order valence-electron chi connectivity index (χ4n) is 2.81. The number of sulfonamides is 1. The molecule has 0 heterocycles. The number of anilines is 2. The Bertz CT molecular complexity index is 1120. The lowest BCUT2D eigenvalue weighted by Crippen LogP contribution is -2.42. The molecule has 3 amide bonds. The molecular weight excluding hydrogens is 472 g/mol. The van der Waals surface area contributed by atoms with Gasteiger partial charge in [-0.15, -0.1) is 0 Å². The minimum absolute atomic E-state index is 0.0906. The van der Waals surface area contributed by atoms with Crippen molar-refractivity contribution in [1.29, 1.82) is 0 Å². The standard InChI is InChI=1S/C21H25ClN4O6S/c1-14(2)24-20(28)13-26(17-7-3-5-15(22)11-17)33(31,32)18-8-4-6-16(12-18)25-19(27)9-10-23-21(29)30/h3-8,11-12,14,23H,9-10,13H2,1-2H3,(H,24,28)(H,25,27)(H,29,30). The summed E-state index contributed by atoms with van der Waals surface area (Å²) >= 11 is 6.04. The molecule has 2 rings (SSSR count). The van der Waals surface area contributed by atoms with E-state index in [2.05, 4.69) is 16.0 Å². The molecule has 0 saturated carbocycles. The summed E-state index contributed by atoms with van der Waals surface area (Å²) in [6, 6.07) is 11.5. The molecular formula is C21H25ClN4O6S. The normalized spacial score (nSPS) is 11.0. The van der Waals surface area contributed by atoms with Crippen molar-refractivity contribution in [3.05, 3.63) is 53.6 Å². The first-order valence-corrected chi connectivity index (χ1v) is 11.7. The predicted octanol–water partition coefficient (Wildman–Crippen LogP) is 2.66. The van der Waals surface area contributed by atoms with Crippen molar-refractivity contribution >= 4 is 50.9 Å². The summed E-state index contributed by atoms with van der Waals surface area (Å²) in [6.45, 7) is 2.95. The van der Waals surface area contributed by atoms with E-state index < -0.39 is 34.5 Å². The van der Waals surface area contributed by atoms with Crippen molar-refractivity contribution in [2.75, 3.05) is 22.7 Å². The van der Waals surface area contributed by atoms with Gasteiger partial charge < -0.3 is 21.1 Å². The molecule has 0 aliphatic rings. The highest BCUT2D eigenvalue weighted by molar-refractivity contribution is 7.92. The van der Waals surface area contributed by atoms with Crippen LogP contribution in [0.15, 0.2) is 53.4 Å². The number of carbonyl (C=O) groups is 3. The van der Waals surface area contributed by atoms with Crippen LogP contribution in [-0.4, -0.2) is 50.6 Å². The number of nitrogens with zero attached hydrogens (tertiary/aromatic N) is 1. The summed E-state index contributed by atoms with van der Waals surface area (Å²) in [6.07, 6.45) is -1.38. The maximum Gasteiger partial charge on any atom is 0.404 e. The second kappa shape index (κ2) is 11.5. The topological polar surface area (TPSA) is 145 Å². The van der Waals surface area contributed by atoms with Crippen LogP contribution in [0.4, 0.5) is 16.2 Å². The smallest absolute Gasteiger partial charge is 0.404 e. The zero-order chi connectivity index (χ0) is 24.6. The molecule has 0 spiro atoms. The Kier molecular flexibility index (Phi) is 9.06. The molecule has 0 aromatic heterocycles. The molecule has 33 heavy (non-hydrogen) atoms. The third-order valence-corrected chi connectivity index (χ3v) is 6.17. The first kappa shape index (κ1) is 25.9. The van der Waals surface area contributed by atoms with Crippen LogP contribution in [0.2, 0.25) is 5.02 Å². The molecule has 2 aromatic carbocycles. The molecule has 0 fully saturated rings. The van der Waals surface area contributed by atoms with Gasteiger partial charge >= 0.3 is 6.09 Å². The molecule has 0 saturated heterocycles. The van der Waals surface area contributed by atoms with Crippen LogP contribution in [-0.2, 0) is 19.6 Å². The minimum Gasteiger partial charge on any atom is -0.465 e. The predicted molar refractivity (Wildman–Crippen MR) is 125 cm³/mol. The Morgan fingerprint density at radius 3 is 2.39 bits per heavy atom. The highest BCUT2D eigenvalue weighted by atomic mass is 35.5. The van der Waals surface area contributed by atoms with Crippen molar-refractivity contribution in [3.63, 3.8) is 0 Å². The highest BCUT2D eigenvalue weighted by Crippen LogP contribution is 2.27. The van der Waals surface area contributed by atoms with Gasteiger partial charge in [0.25, 0.3) is 10.0 Å². The number of nitrogens with one attached hydrogen (secondary N) is 3. The van der Waals surface area contributed by atoms with Crippen LogP contribution >= 0.6 is 11.6 Å². The summed E-state index contributed by atoms with van der Waals surface area (Å²) in [5.74, 6) is -0.995.